The lowest BCUT2D eigenvalue weighted by atomic mass is 9.94. The molecule has 1 N–H and O–H groups in total. The van der Waals surface area contributed by atoms with E-state index in [4.69, 9.17) is 16.3 Å². The maximum absolute atomic E-state index is 10.1. The van der Waals surface area contributed by atoms with E-state index in [-0.39, 0.29) is 0 Å². The number of hydrogen-bond donors (Lipinski definition) is 1. The first-order chi connectivity index (χ1) is 14.6. The summed E-state index contributed by atoms with van der Waals surface area (Å²) in [6.45, 7) is 2.02. The van der Waals surface area contributed by atoms with Crippen molar-refractivity contribution in [3.63, 3.8) is 0 Å². The number of imidazole rings is 1. The fourth-order valence-corrected chi connectivity index (χ4v) is 3.70. The Labute approximate surface area is 178 Å². The molecule has 1 aliphatic heterocycles. The third kappa shape index (κ3) is 3.16. The van der Waals surface area contributed by atoms with Gasteiger partial charge in [-0.05, 0) is 61.5 Å². The van der Waals surface area contributed by atoms with Crippen molar-refractivity contribution in [1.82, 2.24) is 9.97 Å². The van der Waals surface area contributed by atoms with Crippen LogP contribution in [0.5, 0.6) is 5.75 Å². The lowest BCUT2D eigenvalue weighted by molar-refractivity contribution is 0.509. The minimum absolute atomic E-state index is 0.466. The van der Waals surface area contributed by atoms with Crippen LogP contribution in [0.15, 0.2) is 72.8 Å². The molecule has 2 heterocycles. The predicted octanol–water partition coefficient (Wildman–Crippen LogP) is 6.39. The molecule has 0 saturated carbocycles. The lowest BCUT2D eigenvalue weighted by Gasteiger charge is -2.22. The van der Waals surface area contributed by atoms with Crippen LogP contribution in [-0.2, 0) is 0 Å². The highest BCUT2D eigenvalue weighted by Crippen LogP contribution is 2.41. The average Bonchev–Trinajstić information content (AvgIpc) is 3.18. The maximum Gasteiger partial charge on any atom is 0.149 e. The number of para-hydroxylation sites is 2. The number of hydrogen-bond acceptors (Lipinski definition) is 3. The Morgan fingerprint density at radius 2 is 1.87 bits per heavy atom. The quantitative estimate of drug-likeness (QED) is 0.390. The van der Waals surface area contributed by atoms with Gasteiger partial charge in [0.1, 0.15) is 29.0 Å². The number of halogens is 1. The Bertz CT molecular complexity index is 1360. The number of rotatable bonds is 2. The SMILES string of the molecule is Cc1ccc2c(c1)C(=C(C#N)c1nc3ccccc3[nH]1)C=C(c1ccc(Cl)cc1)O2. The zero-order valence-corrected chi connectivity index (χ0v) is 16.9. The Morgan fingerprint density at radius 3 is 2.63 bits per heavy atom. The van der Waals surface area contributed by atoms with Gasteiger partial charge in [-0.3, -0.25) is 0 Å². The van der Waals surface area contributed by atoms with E-state index in [0.717, 1.165) is 33.3 Å². The molecule has 0 amide bonds. The Kier molecular flexibility index (Phi) is 4.39. The number of fused-ring (bicyclic) bond motifs is 2. The fourth-order valence-electron chi connectivity index (χ4n) is 3.58. The minimum atomic E-state index is 0.466. The van der Waals surface area contributed by atoms with E-state index in [1.54, 1.807) is 0 Å². The second-order valence-electron chi connectivity index (χ2n) is 7.12. The molecule has 0 unspecified atom stereocenters. The second kappa shape index (κ2) is 7.22. The molecule has 0 atom stereocenters. The summed E-state index contributed by atoms with van der Waals surface area (Å²) in [6.07, 6.45) is 1.90. The van der Waals surface area contributed by atoms with Gasteiger partial charge >= 0.3 is 0 Å². The summed E-state index contributed by atoms with van der Waals surface area (Å²) in [5, 5.41) is 10.7. The summed E-state index contributed by atoms with van der Waals surface area (Å²) < 4.78 is 6.18. The van der Waals surface area contributed by atoms with Gasteiger partial charge in [0.2, 0.25) is 0 Å². The number of aromatic nitrogens is 2. The van der Waals surface area contributed by atoms with Crippen molar-refractivity contribution >= 4 is 39.5 Å². The molecule has 1 aliphatic rings. The third-order valence-electron chi connectivity index (χ3n) is 5.06. The number of ether oxygens (including phenoxy) is 1. The van der Waals surface area contributed by atoms with Crippen LogP contribution in [0.1, 0.15) is 22.5 Å². The van der Waals surface area contributed by atoms with Gasteiger partial charge in [-0.2, -0.15) is 5.26 Å². The number of nitriles is 1. The van der Waals surface area contributed by atoms with Crippen LogP contribution in [0.2, 0.25) is 5.02 Å². The topological polar surface area (TPSA) is 61.7 Å². The standard InChI is InChI=1S/C25H16ClN3O/c1-15-6-11-23-19(12-15)18(13-24(30-23)16-7-9-17(26)10-8-16)20(14-27)25-28-21-4-2-3-5-22(21)29-25/h2-13H,1H3,(H,28,29). The van der Waals surface area contributed by atoms with Crippen LogP contribution in [-0.4, -0.2) is 9.97 Å². The van der Waals surface area contributed by atoms with E-state index < -0.39 is 0 Å². The van der Waals surface area contributed by atoms with Gasteiger partial charge in [-0.25, -0.2) is 4.98 Å². The van der Waals surface area contributed by atoms with Crippen molar-refractivity contribution in [2.45, 2.75) is 6.92 Å². The number of aryl methyl sites for hydroxylation is 1. The third-order valence-corrected chi connectivity index (χ3v) is 5.31. The Morgan fingerprint density at radius 1 is 1.07 bits per heavy atom. The number of aromatic amines is 1. The van der Waals surface area contributed by atoms with Crippen molar-refractivity contribution in [2.75, 3.05) is 0 Å². The first-order valence-electron chi connectivity index (χ1n) is 9.48. The van der Waals surface area contributed by atoms with Crippen LogP contribution < -0.4 is 4.74 Å². The molecule has 0 fully saturated rings. The molecule has 144 valence electrons. The minimum Gasteiger partial charge on any atom is -0.456 e. The van der Waals surface area contributed by atoms with Gasteiger partial charge in [0.25, 0.3) is 0 Å². The zero-order chi connectivity index (χ0) is 20.7. The second-order valence-corrected chi connectivity index (χ2v) is 7.56. The summed E-state index contributed by atoms with van der Waals surface area (Å²) in [4.78, 5) is 7.91. The van der Waals surface area contributed by atoms with Crippen molar-refractivity contribution in [2.24, 2.45) is 0 Å². The number of nitrogens with zero attached hydrogens (tertiary/aromatic N) is 2. The van der Waals surface area contributed by atoms with Gasteiger partial charge in [-0.15, -0.1) is 0 Å². The van der Waals surface area contributed by atoms with E-state index in [9.17, 15) is 5.26 Å². The molecule has 4 aromatic rings. The molecule has 5 rings (SSSR count). The van der Waals surface area contributed by atoms with Crippen molar-refractivity contribution < 1.29 is 4.74 Å². The molecule has 0 spiro atoms. The van der Waals surface area contributed by atoms with Crippen LogP contribution in [0, 0.1) is 18.3 Å². The molecule has 0 aliphatic carbocycles. The summed E-state index contributed by atoms with van der Waals surface area (Å²) >= 11 is 6.04. The number of benzene rings is 3. The number of allylic oxidation sites excluding steroid dienone is 3. The molecule has 30 heavy (non-hydrogen) atoms. The smallest absolute Gasteiger partial charge is 0.149 e. The van der Waals surface area contributed by atoms with Gasteiger partial charge in [-0.1, -0.05) is 35.4 Å². The van der Waals surface area contributed by atoms with Crippen molar-refractivity contribution in [3.05, 3.63) is 100 Å². The van der Waals surface area contributed by atoms with Crippen LogP contribution in [0.4, 0.5) is 0 Å². The molecule has 0 radical (unpaired) electrons. The fraction of sp³-hybridized carbons (Fsp3) is 0.0400. The molecule has 0 saturated heterocycles. The average molecular weight is 410 g/mol. The molecular formula is C25H16ClN3O. The monoisotopic (exact) mass is 409 g/mol. The molecule has 5 heteroatoms. The Hall–Kier alpha value is -3.81. The van der Waals surface area contributed by atoms with Crippen LogP contribution >= 0.6 is 11.6 Å². The van der Waals surface area contributed by atoms with Gasteiger partial charge in [0.05, 0.1) is 11.0 Å². The lowest BCUT2D eigenvalue weighted by Crippen LogP contribution is -2.05. The first-order valence-corrected chi connectivity index (χ1v) is 9.86. The van der Waals surface area contributed by atoms with Crippen LogP contribution in [0.3, 0.4) is 0 Å². The van der Waals surface area contributed by atoms with Gasteiger partial charge < -0.3 is 9.72 Å². The normalized spacial score (nSPS) is 14.5. The summed E-state index contributed by atoms with van der Waals surface area (Å²) in [6, 6.07) is 23.5. The van der Waals surface area contributed by atoms with E-state index >= 15 is 0 Å². The zero-order valence-electron chi connectivity index (χ0n) is 16.1. The molecule has 4 nitrogen and oxygen atoms in total. The molecule has 1 aromatic heterocycles. The maximum atomic E-state index is 10.1. The molecular weight excluding hydrogens is 394 g/mol. The highest BCUT2D eigenvalue weighted by atomic mass is 35.5. The predicted molar refractivity (Wildman–Crippen MR) is 120 cm³/mol. The van der Waals surface area contributed by atoms with Gasteiger partial charge in [0, 0.05) is 21.7 Å². The van der Waals surface area contributed by atoms with Crippen molar-refractivity contribution in [1.29, 1.82) is 5.26 Å². The molecule has 0 bridgehead atoms. The van der Waals surface area contributed by atoms with E-state index in [1.807, 2.05) is 79.7 Å². The Balaban J connectivity index is 1.76. The van der Waals surface area contributed by atoms with E-state index in [2.05, 4.69) is 16.0 Å². The van der Waals surface area contributed by atoms with E-state index in [0.29, 0.717) is 27.9 Å². The summed E-state index contributed by atoms with van der Waals surface area (Å²) in [7, 11) is 0. The van der Waals surface area contributed by atoms with Crippen molar-refractivity contribution in [3.8, 4) is 11.8 Å². The largest absolute Gasteiger partial charge is 0.456 e. The summed E-state index contributed by atoms with van der Waals surface area (Å²) in [5.74, 6) is 1.89. The van der Waals surface area contributed by atoms with Crippen LogP contribution in [0.25, 0.3) is 27.9 Å². The highest BCUT2D eigenvalue weighted by molar-refractivity contribution is 6.30. The molecule has 3 aromatic carbocycles. The highest BCUT2D eigenvalue weighted by Gasteiger charge is 2.23. The van der Waals surface area contributed by atoms with E-state index in [1.165, 1.54) is 0 Å². The first kappa shape index (κ1) is 18.2. The number of nitrogens with one attached hydrogen (secondary N) is 1. The number of H-pyrrole nitrogens is 1. The summed E-state index contributed by atoms with van der Waals surface area (Å²) in [5.41, 5.74) is 5.77. The van der Waals surface area contributed by atoms with Gasteiger partial charge in [0.15, 0.2) is 0 Å².